The van der Waals surface area contributed by atoms with Crippen LogP contribution in [0, 0.1) is 0 Å². The molecule has 0 radical (unpaired) electrons. The van der Waals surface area contributed by atoms with Gasteiger partial charge in [0, 0.05) is 19.6 Å². The number of likely N-dealkylation sites (tertiary alicyclic amines) is 1. The van der Waals surface area contributed by atoms with Crippen LogP contribution in [-0.2, 0) is 14.4 Å². The summed E-state index contributed by atoms with van der Waals surface area (Å²) in [6.07, 6.45) is 4.17. The van der Waals surface area contributed by atoms with E-state index in [9.17, 15) is 14.4 Å². The van der Waals surface area contributed by atoms with E-state index in [1.807, 2.05) is 6.92 Å². The Hall–Kier alpha value is -3.10. The molecule has 28 heavy (non-hydrogen) atoms. The average molecular weight is 390 g/mol. The fourth-order valence-corrected chi connectivity index (χ4v) is 2.62. The first kappa shape index (κ1) is 21.2. The standard InChI is InChI=1S/C19H26N4O5/c1-3-8-20-18(25)19(26)22-21-12-14-6-7-15(16(11-14)27-2)28-13-17(24)23-9-4-5-10-23/h6-7,11-12H,3-5,8-10,13H2,1-2H3,(H,20,25)(H,22,26)/b21-12-. The van der Waals surface area contributed by atoms with Gasteiger partial charge in [-0.2, -0.15) is 5.10 Å². The number of nitrogens with one attached hydrogen (secondary N) is 2. The Bertz CT molecular complexity index is 729. The predicted octanol–water partition coefficient (Wildman–Crippen LogP) is 0.673. The monoisotopic (exact) mass is 390 g/mol. The number of hydrazone groups is 1. The van der Waals surface area contributed by atoms with E-state index in [2.05, 4.69) is 15.8 Å². The van der Waals surface area contributed by atoms with Gasteiger partial charge in [-0.15, -0.1) is 0 Å². The van der Waals surface area contributed by atoms with E-state index in [0.717, 1.165) is 32.4 Å². The molecule has 1 aromatic rings. The quantitative estimate of drug-likeness (QED) is 0.385. The first-order valence-electron chi connectivity index (χ1n) is 9.25. The number of benzene rings is 1. The lowest BCUT2D eigenvalue weighted by Crippen LogP contribution is -2.38. The summed E-state index contributed by atoms with van der Waals surface area (Å²) in [5.74, 6) is -0.741. The molecule has 0 spiro atoms. The molecular weight excluding hydrogens is 364 g/mol. The third kappa shape index (κ3) is 6.26. The van der Waals surface area contributed by atoms with Crippen LogP contribution in [0.5, 0.6) is 11.5 Å². The van der Waals surface area contributed by atoms with Gasteiger partial charge in [0.05, 0.1) is 13.3 Å². The summed E-state index contributed by atoms with van der Waals surface area (Å²) in [5.41, 5.74) is 2.79. The molecule has 1 aliphatic rings. The maximum Gasteiger partial charge on any atom is 0.329 e. The number of amides is 3. The van der Waals surface area contributed by atoms with Gasteiger partial charge in [0.15, 0.2) is 18.1 Å². The van der Waals surface area contributed by atoms with Crippen LogP contribution in [0.1, 0.15) is 31.7 Å². The van der Waals surface area contributed by atoms with Crippen molar-refractivity contribution in [3.8, 4) is 11.5 Å². The fraction of sp³-hybridized carbons (Fsp3) is 0.474. The maximum atomic E-state index is 12.1. The van der Waals surface area contributed by atoms with E-state index in [-0.39, 0.29) is 12.5 Å². The molecule has 1 aromatic carbocycles. The largest absolute Gasteiger partial charge is 0.493 e. The van der Waals surface area contributed by atoms with E-state index in [4.69, 9.17) is 9.47 Å². The highest BCUT2D eigenvalue weighted by molar-refractivity contribution is 6.35. The Labute approximate surface area is 164 Å². The lowest BCUT2D eigenvalue weighted by Gasteiger charge is -2.16. The summed E-state index contributed by atoms with van der Waals surface area (Å²) < 4.78 is 10.9. The Morgan fingerprint density at radius 2 is 1.93 bits per heavy atom. The second-order valence-electron chi connectivity index (χ2n) is 6.24. The molecule has 1 fully saturated rings. The predicted molar refractivity (Wildman–Crippen MR) is 103 cm³/mol. The van der Waals surface area contributed by atoms with E-state index in [1.54, 1.807) is 23.1 Å². The number of carbonyl (C=O) groups is 3. The van der Waals surface area contributed by atoms with E-state index in [0.29, 0.717) is 23.6 Å². The number of rotatable bonds is 8. The number of carbonyl (C=O) groups excluding carboxylic acids is 3. The number of hydrogen-bond acceptors (Lipinski definition) is 6. The summed E-state index contributed by atoms with van der Waals surface area (Å²) in [5, 5.41) is 6.22. The van der Waals surface area contributed by atoms with E-state index >= 15 is 0 Å². The van der Waals surface area contributed by atoms with Gasteiger partial charge in [-0.25, -0.2) is 5.43 Å². The van der Waals surface area contributed by atoms with Crippen LogP contribution in [0.4, 0.5) is 0 Å². The zero-order valence-corrected chi connectivity index (χ0v) is 16.2. The van der Waals surface area contributed by atoms with Gasteiger partial charge in [-0.1, -0.05) is 6.92 Å². The van der Waals surface area contributed by atoms with Crippen LogP contribution in [-0.4, -0.2) is 62.2 Å². The van der Waals surface area contributed by atoms with Crippen molar-refractivity contribution in [2.45, 2.75) is 26.2 Å². The molecule has 1 heterocycles. The third-order valence-electron chi connectivity index (χ3n) is 4.12. The van der Waals surface area contributed by atoms with Crippen molar-refractivity contribution in [3.63, 3.8) is 0 Å². The molecule has 1 saturated heterocycles. The molecule has 1 aliphatic heterocycles. The lowest BCUT2D eigenvalue weighted by atomic mass is 10.2. The molecule has 0 atom stereocenters. The Morgan fingerprint density at radius 3 is 2.61 bits per heavy atom. The molecule has 3 amide bonds. The van der Waals surface area contributed by atoms with Crippen molar-refractivity contribution in [2.75, 3.05) is 33.4 Å². The molecule has 0 aliphatic carbocycles. The Kier molecular flexibility index (Phi) is 8.26. The highest BCUT2D eigenvalue weighted by Crippen LogP contribution is 2.27. The highest BCUT2D eigenvalue weighted by atomic mass is 16.5. The van der Waals surface area contributed by atoms with Gasteiger partial charge in [0.25, 0.3) is 5.91 Å². The van der Waals surface area contributed by atoms with Crippen LogP contribution < -0.4 is 20.2 Å². The van der Waals surface area contributed by atoms with Crippen molar-refractivity contribution < 1.29 is 23.9 Å². The first-order valence-corrected chi connectivity index (χ1v) is 9.25. The summed E-state index contributed by atoms with van der Waals surface area (Å²) >= 11 is 0. The van der Waals surface area contributed by atoms with Crippen molar-refractivity contribution in [1.82, 2.24) is 15.6 Å². The minimum absolute atomic E-state index is 0.0470. The van der Waals surface area contributed by atoms with Crippen LogP contribution in [0.25, 0.3) is 0 Å². The van der Waals surface area contributed by atoms with Crippen molar-refractivity contribution in [2.24, 2.45) is 5.10 Å². The lowest BCUT2D eigenvalue weighted by molar-refractivity contribution is -0.139. The number of hydrogen-bond donors (Lipinski definition) is 2. The van der Waals surface area contributed by atoms with Gasteiger partial charge in [-0.3, -0.25) is 14.4 Å². The van der Waals surface area contributed by atoms with Crippen molar-refractivity contribution in [1.29, 1.82) is 0 Å². The van der Waals surface area contributed by atoms with E-state index < -0.39 is 11.8 Å². The molecule has 0 saturated carbocycles. The summed E-state index contributed by atoms with van der Waals surface area (Å²) in [6.45, 7) is 3.81. The smallest absolute Gasteiger partial charge is 0.329 e. The minimum Gasteiger partial charge on any atom is -0.493 e. The Balaban J connectivity index is 1.89. The van der Waals surface area contributed by atoms with Crippen LogP contribution >= 0.6 is 0 Å². The van der Waals surface area contributed by atoms with Gasteiger partial charge < -0.3 is 19.7 Å². The maximum absolute atomic E-state index is 12.1. The molecule has 152 valence electrons. The zero-order chi connectivity index (χ0) is 20.4. The van der Waals surface area contributed by atoms with Gasteiger partial charge in [-0.05, 0) is 43.0 Å². The molecule has 2 rings (SSSR count). The minimum atomic E-state index is -0.836. The normalized spacial score (nSPS) is 13.4. The number of methoxy groups -OCH3 is 1. The number of nitrogens with zero attached hydrogens (tertiary/aromatic N) is 2. The van der Waals surface area contributed by atoms with Gasteiger partial charge >= 0.3 is 11.8 Å². The van der Waals surface area contributed by atoms with Crippen LogP contribution in [0.2, 0.25) is 0 Å². The second-order valence-corrected chi connectivity index (χ2v) is 6.24. The van der Waals surface area contributed by atoms with Gasteiger partial charge in [0.2, 0.25) is 0 Å². The van der Waals surface area contributed by atoms with Gasteiger partial charge in [0.1, 0.15) is 0 Å². The van der Waals surface area contributed by atoms with Crippen LogP contribution in [0.15, 0.2) is 23.3 Å². The molecule has 0 aromatic heterocycles. The van der Waals surface area contributed by atoms with Crippen molar-refractivity contribution in [3.05, 3.63) is 23.8 Å². The highest BCUT2D eigenvalue weighted by Gasteiger charge is 2.18. The summed E-state index contributed by atoms with van der Waals surface area (Å²) in [4.78, 5) is 36.9. The van der Waals surface area contributed by atoms with Crippen molar-refractivity contribution >= 4 is 23.9 Å². The topological polar surface area (TPSA) is 109 Å². The number of ether oxygens (including phenoxy) is 2. The second kappa shape index (κ2) is 10.9. The molecule has 9 nitrogen and oxygen atoms in total. The molecule has 9 heteroatoms. The Morgan fingerprint density at radius 1 is 1.18 bits per heavy atom. The SMILES string of the molecule is CCCNC(=O)C(=O)N/N=C\c1ccc(OCC(=O)N2CCCC2)c(OC)c1. The summed E-state index contributed by atoms with van der Waals surface area (Å²) in [7, 11) is 1.49. The molecule has 0 unspecified atom stereocenters. The first-order chi connectivity index (χ1) is 13.5. The zero-order valence-electron chi connectivity index (χ0n) is 16.2. The summed E-state index contributed by atoms with van der Waals surface area (Å²) in [6, 6.07) is 5.01. The molecule has 0 bridgehead atoms. The van der Waals surface area contributed by atoms with E-state index in [1.165, 1.54) is 13.3 Å². The molecular formula is C19H26N4O5. The average Bonchev–Trinajstić information content (AvgIpc) is 3.25. The molecule has 2 N–H and O–H groups in total. The van der Waals surface area contributed by atoms with Crippen LogP contribution in [0.3, 0.4) is 0 Å². The third-order valence-corrected chi connectivity index (χ3v) is 4.12. The fourth-order valence-electron chi connectivity index (χ4n) is 2.62.